The molecule has 2 rings (SSSR count). The van der Waals surface area contributed by atoms with Crippen LogP contribution in [0.2, 0.25) is 0 Å². The van der Waals surface area contributed by atoms with E-state index in [4.69, 9.17) is 26.3 Å². The molecule has 0 atom stereocenters. The molecule has 0 aromatic heterocycles. The van der Waals surface area contributed by atoms with Crippen molar-refractivity contribution in [2.45, 2.75) is 0 Å². The third kappa shape index (κ3) is 3.31. The third-order valence-electron chi connectivity index (χ3n) is 2.68. The molecule has 0 radical (unpaired) electrons. The summed E-state index contributed by atoms with van der Waals surface area (Å²) in [7, 11) is 1.61. The minimum atomic E-state index is 0.527. The van der Waals surface area contributed by atoms with Gasteiger partial charge in [0.25, 0.3) is 0 Å². The summed E-state index contributed by atoms with van der Waals surface area (Å²) >= 11 is 5.81. The van der Waals surface area contributed by atoms with Crippen molar-refractivity contribution < 1.29 is 9.47 Å². The fourth-order valence-electron chi connectivity index (χ4n) is 1.62. The second-order valence-electron chi connectivity index (χ2n) is 3.94. The highest BCUT2D eigenvalue weighted by molar-refractivity contribution is 6.27. The van der Waals surface area contributed by atoms with Gasteiger partial charge in [0.05, 0.1) is 18.7 Å². The van der Waals surface area contributed by atoms with Crippen molar-refractivity contribution in [3.05, 3.63) is 65.2 Å². The Morgan fingerprint density at radius 1 is 1.05 bits per heavy atom. The average Bonchev–Trinajstić information content (AvgIpc) is 2.53. The molecule has 0 spiro atoms. The molecule has 0 aliphatic rings. The van der Waals surface area contributed by atoms with Crippen molar-refractivity contribution in [3.63, 3.8) is 0 Å². The summed E-state index contributed by atoms with van der Waals surface area (Å²) in [6, 6.07) is 16.3. The summed E-state index contributed by atoms with van der Waals surface area (Å²) in [5, 5.41) is 8.75. The van der Waals surface area contributed by atoms with Gasteiger partial charge in [0.15, 0.2) is 0 Å². The summed E-state index contributed by atoms with van der Waals surface area (Å²) in [5.41, 5.74) is 2.79. The molecular formula is C16H12ClNO2. The first-order chi connectivity index (χ1) is 9.76. The SMILES string of the molecule is COc1ccc(/C(=C/Cl)Oc2ccc(C#N)cc2)cc1. The Kier molecular flexibility index (Phi) is 4.65. The van der Waals surface area contributed by atoms with Crippen molar-refractivity contribution in [2.24, 2.45) is 0 Å². The lowest BCUT2D eigenvalue weighted by Crippen LogP contribution is -1.94. The number of benzene rings is 2. The van der Waals surface area contributed by atoms with E-state index in [0.717, 1.165) is 11.3 Å². The summed E-state index contributed by atoms with van der Waals surface area (Å²) in [5.74, 6) is 1.91. The first kappa shape index (κ1) is 14.0. The molecule has 2 aromatic rings. The fourth-order valence-corrected chi connectivity index (χ4v) is 1.79. The Morgan fingerprint density at radius 3 is 2.15 bits per heavy atom. The molecule has 100 valence electrons. The Bertz CT molecular complexity index is 640. The number of halogens is 1. The quantitative estimate of drug-likeness (QED) is 0.791. The topological polar surface area (TPSA) is 42.2 Å². The normalized spacial score (nSPS) is 10.8. The molecule has 20 heavy (non-hydrogen) atoms. The molecule has 2 aromatic carbocycles. The molecule has 0 heterocycles. The monoisotopic (exact) mass is 285 g/mol. The molecule has 0 unspecified atom stereocenters. The zero-order valence-corrected chi connectivity index (χ0v) is 11.6. The van der Waals surface area contributed by atoms with Crippen LogP contribution in [-0.2, 0) is 0 Å². The first-order valence-corrected chi connectivity index (χ1v) is 6.33. The number of methoxy groups -OCH3 is 1. The van der Waals surface area contributed by atoms with Crippen LogP contribution in [0, 0.1) is 11.3 Å². The van der Waals surface area contributed by atoms with Crippen molar-refractivity contribution in [2.75, 3.05) is 7.11 Å². The Morgan fingerprint density at radius 2 is 1.65 bits per heavy atom. The van der Waals surface area contributed by atoms with Crippen molar-refractivity contribution in [1.29, 1.82) is 5.26 Å². The van der Waals surface area contributed by atoms with E-state index < -0.39 is 0 Å². The van der Waals surface area contributed by atoms with E-state index in [1.807, 2.05) is 24.3 Å². The van der Waals surface area contributed by atoms with Gasteiger partial charge in [0.1, 0.15) is 17.3 Å². The maximum absolute atomic E-state index is 8.75. The van der Waals surface area contributed by atoms with Gasteiger partial charge in [0, 0.05) is 11.1 Å². The standard InChI is InChI=1S/C16H12ClNO2/c1-19-14-8-4-13(5-9-14)16(10-17)20-15-6-2-12(11-18)3-7-15/h2-10H,1H3/b16-10-. The van der Waals surface area contributed by atoms with Gasteiger partial charge in [-0.15, -0.1) is 0 Å². The summed E-state index contributed by atoms with van der Waals surface area (Å²) in [6.45, 7) is 0. The fraction of sp³-hybridized carbons (Fsp3) is 0.0625. The van der Waals surface area contributed by atoms with E-state index in [1.165, 1.54) is 5.54 Å². The van der Waals surface area contributed by atoms with Gasteiger partial charge < -0.3 is 9.47 Å². The Hall–Kier alpha value is -2.44. The zero-order valence-electron chi connectivity index (χ0n) is 10.8. The number of nitrogens with zero attached hydrogens (tertiary/aromatic N) is 1. The number of rotatable bonds is 4. The molecule has 0 saturated carbocycles. The molecule has 4 heteroatoms. The van der Waals surface area contributed by atoms with Crippen LogP contribution < -0.4 is 9.47 Å². The molecule has 0 aliphatic carbocycles. The highest BCUT2D eigenvalue weighted by Crippen LogP contribution is 2.23. The van der Waals surface area contributed by atoms with Crippen LogP contribution in [-0.4, -0.2) is 7.11 Å². The molecular weight excluding hydrogens is 274 g/mol. The highest BCUT2D eigenvalue weighted by atomic mass is 35.5. The Balaban J connectivity index is 2.17. The predicted octanol–water partition coefficient (Wildman–Crippen LogP) is 4.18. The molecule has 0 saturated heterocycles. The minimum Gasteiger partial charge on any atom is -0.497 e. The van der Waals surface area contributed by atoms with Crippen molar-refractivity contribution >= 4 is 17.4 Å². The van der Waals surface area contributed by atoms with Gasteiger partial charge in [-0.25, -0.2) is 0 Å². The molecule has 0 aliphatic heterocycles. The molecule has 0 bridgehead atoms. The van der Waals surface area contributed by atoms with Gasteiger partial charge in [-0.2, -0.15) is 5.26 Å². The number of ether oxygens (including phenoxy) is 2. The van der Waals surface area contributed by atoms with Crippen LogP contribution in [0.1, 0.15) is 11.1 Å². The summed E-state index contributed by atoms with van der Waals surface area (Å²) in [4.78, 5) is 0. The zero-order chi connectivity index (χ0) is 14.4. The minimum absolute atomic E-state index is 0.527. The van der Waals surface area contributed by atoms with Gasteiger partial charge in [0.2, 0.25) is 0 Å². The lowest BCUT2D eigenvalue weighted by molar-refractivity contribution is 0.414. The van der Waals surface area contributed by atoms with Crippen LogP contribution in [0.4, 0.5) is 0 Å². The van der Waals surface area contributed by atoms with E-state index in [-0.39, 0.29) is 0 Å². The maximum atomic E-state index is 8.75. The maximum Gasteiger partial charge on any atom is 0.145 e. The van der Waals surface area contributed by atoms with Gasteiger partial charge in [-0.3, -0.25) is 0 Å². The predicted molar refractivity (Wildman–Crippen MR) is 78.6 cm³/mol. The summed E-state index contributed by atoms with van der Waals surface area (Å²) < 4.78 is 10.8. The van der Waals surface area contributed by atoms with Gasteiger partial charge >= 0.3 is 0 Å². The van der Waals surface area contributed by atoms with Crippen LogP contribution in [0.5, 0.6) is 11.5 Å². The van der Waals surface area contributed by atoms with E-state index >= 15 is 0 Å². The average molecular weight is 286 g/mol. The van der Waals surface area contributed by atoms with E-state index in [2.05, 4.69) is 6.07 Å². The number of hydrogen-bond acceptors (Lipinski definition) is 3. The molecule has 3 nitrogen and oxygen atoms in total. The number of nitriles is 1. The largest absolute Gasteiger partial charge is 0.497 e. The third-order valence-corrected chi connectivity index (χ3v) is 2.88. The molecule has 0 N–H and O–H groups in total. The molecule has 0 fully saturated rings. The van der Waals surface area contributed by atoms with Crippen LogP contribution in [0.3, 0.4) is 0 Å². The smallest absolute Gasteiger partial charge is 0.145 e. The second-order valence-corrected chi connectivity index (χ2v) is 4.16. The summed E-state index contributed by atoms with van der Waals surface area (Å²) in [6.07, 6.45) is 0. The number of hydrogen-bond donors (Lipinski definition) is 0. The van der Waals surface area contributed by atoms with Gasteiger partial charge in [-0.05, 0) is 48.5 Å². The molecule has 0 amide bonds. The lowest BCUT2D eigenvalue weighted by atomic mass is 10.2. The van der Waals surface area contributed by atoms with Crippen molar-refractivity contribution in [1.82, 2.24) is 0 Å². The van der Waals surface area contributed by atoms with E-state index in [0.29, 0.717) is 17.1 Å². The van der Waals surface area contributed by atoms with Gasteiger partial charge in [-0.1, -0.05) is 11.6 Å². The van der Waals surface area contributed by atoms with Crippen LogP contribution in [0.25, 0.3) is 5.76 Å². The Labute approximate surface area is 122 Å². The highest BCUT2D eigenvalue weighted by Gasteiger charge is 2.05. The second kappa shape index (κ2) is 6.65. The first-order valence-electron chi connectivity index (χ1n) is 5.89. The van der Waals surface area contributed by atoms with Crippen LogP contribution >= 0.6 is 11.6 Å². The van der Waals surface area contributed by atoms with E-state index in [9.17, 15) is 0 Å². The van der Waals surface area contributed by atoms with E-state index in [1.54, 1.807) is 31.4 Å². The van der Waals surface area contributed by atoms with Crippen molar-refractivity contribution in [3.8, 4) is 17.6 Å². The van der Waals surface area contributed by atoms with Crippen LogP contribution in [0.15, 0.2) is 54.1 Å². The lowest BCUT2D eigenvalue weighted by Gasteiger charge is -2.10.